The van der Waals surface area contributed by atoms with Crippen molar-refractivity contribution in [1.29, 1.82) is 5.26 Å². The van der Waals surface area contributed by atoms with Crippen molar-refractivity contribution >= 4 is 47.0 Å². The number of aryl methyl sites for hydroxylation is 2. The first-order valence-corrected chi connectivity index (χ1v) is 18.8. The fraction of sp³-hybridized carbons (Fsp3) is 0.419. The van der Waals surface area contributed by atoms with Gasteiger partial charge in [-0.3, -0.25) is 20.4 Å². The van der Waals surface area contributed by atoms with Crippen LogP contribution in [0.1, 0.15) is 90.8 Å². The SMILES string of the molecule is CCC(C)OC(=O)CCOC(=O)/C(C#N)=C/c1ccc(C)cc1.CCC(C)OC(=O)COc1ccc(C)cc1N1Nc2ccccc2N1.CCC(C)OC(C)=O. The van der Waals surface area contributed by atoms with Crippen molar-refractivity contribution in [2.24, 2.45) is 0 Å². The number of nitrogens with one attached hydrogen (secondary N) is 2. The number of para-hydroxylation sites is 2. The quantitative estimate of drug-likeness (QED) is 0.0655. The minimum atomic E-state index is -0.746. The zero-order chi connectivity index (χ0) is 41.6. The molecule has 56 heavy (non-hydrogen) atoms. The van der Waals surface area contributed by atoms with Gasteiger partial charge in [0.05, 0.1) is 36.1 Å². The fourth-order valence-corrected chi connectivity index (χ4v) is 4.47. The fourth-order valence-electron chi connectivity index (χ4n) is 4.47. The van der Waals surface area contributed by atoms with Gasteiger partial charge in [-0.2, -0.15) is 10.4 Å². The largest absolute Gasteiger partial charge is 0.480 e. The molecule has 0 saturated heterocycles. The van der Waals surface area contributed by atoms with Gasteiger partial charge in [-0.15, -0.1) is 0 Å². The molecule has 0 bridgehead atoms. The lowest BCUT2D eigenvalue weighted by Crippen LogP contribution is -2.30. The number of benzene rings is 3. The van der Waals surface area contributed by atoms with E-state index in [9.17, 15) is 19.2 Å². The normalized spacial score (nSPS) is 12.9. The van der Waals surface area contributed by atoms with Gasteiger partial charge in [0, 0.05) is 6.92 Å². The zero-order valence-corrected chi connectivity index (χ0v) is 34.0. The molecule has 0 spiro atoms. The molecule has 0 amide bonds. The third-order valence-corrected chi connectivity index (χ3v) is 8.12. The second-order valence-electron chi connectivity index (χ2n) is 13.1. The van der Waals surface area contributed by atoms with Crippen molar-refractivity contribution in [2.75, 3.05) is 29.2 Å². The summed E-state index contributed by atoms with van der Waals surface area (Å²) in [5.41, 5.74) is 12.1. The van der Waals surface area contributed by atoms with E-state index in [-0.39, 0.29) is 55.5 Å². The molecule has 0 saturated carbocycles. The number of carbonyl (C=O) groups excluding carboxylic acids is 4. The summed E-state index contributed by atoms with van der Waals surface area (Å²) in [6, 6.07) is 22.9. The summed E-state index contributed by atoms with van der Waals surface area (Å²) in [4.78, 5) is 45.4. The molecule has 1 aliphatic rings. The summed E-state index contributed by atoms with van der Waals surface area (Å²) in [5, 5.41) is 10.8. The third kappa shape index (κ3) is 17.0. The summed E-state index contributed by atoms with van der Waals surface area (Å²) < 4.78 is 25.7. The number of esters is 4. The topological polar surface area (TPSA) is 166 Å². The maximum Gasteiger partial charge on any atom is 0.348 e. The minimum Gasteiger partial charge on any atom is -0.480 e. The molecule has 2 N–H and O–H groups in total. The van der Waals surface area contributed by atoms with Gasteiger partial charge in [0.15, 0.2) is 6.61 Å². The number of ether oxygens (including phenoxy) is 5. The Morgan fingerprint density at radius 3 is 1.82 bits per heavy atom. The Labute approximate surface area is 330 Å². The molecule has 3 aromatic carbocycles. The van der Waals surface area contributed by atoms with E-state index in [1.54, 1.807) is 12.0 Å². The van der Waals surface area contributed by atoms with Gasteiger partial charge in [0.25, 0.3) is 0 Å². The molecule has 13 nitrogen and oxygen atoms in total. The van der Waals surface area contributed by atoms with Crippen molar-refractivity contribution in [3.05, 3.63) is 89.0 Å². The third-order valence-electron chi connectivity index (χ3n) is 8.12. The molecular formula is C43H56N4O9. The first-order chi connectivity index (χ1) is 26.7. The van der Waals surface area contributed by atoms with E-state index in [0.29, 0.717) is 5.75 Å². The van der Waals surface area contributed by atoms with E-state index in [4.69, 9.17) is 28.9 Å². The van der Waals surface area contributed by atoms with Crippen LogP contribution in [0.25, 0.3) is 6.08 Å². The van der Waals surface area contributed by atoms with Crippen LogP contribution in [0, 0.1) is 25.2 Å². The van der Waals surface area contributed by atoms with Crippen molar-refractivity contribution < 1.29 is 42.9 Å². The maximum absolute atomic E-state index is 11.9. The lowest BCUT2D eigenvalue weighted by atomic mass is 10.1. The van der Waals surface area contributed by atoms with E-state index in [2.05, 4.69) is 10.9 Å². The lowest BCUT2D eigenvalue weighted by molar-refractivity contribution is -0.152. The number of nitriles is 1. The van der Waals surface area contributed by atoms with Gasteiger partial charge < -0.3 is 23.7 Å². The van der Waals surface area contributed by atoms with Crippen LogP contribution >= 0.6 is 0 Å². The second kappa shape index (κ2) is 24.4. The van der Waals surface area contributed by atoms with Crippen LogP contribution in [-0.2, 0) is 38.1 Å². The predicted molar refractivity (Wildman–Crippen MR) is 216 cm³/mol. The Morgan fingerprint density at radius 1 is 0.768 bits per heavy atom. The van der Waals surface area contributed by atoms with Crippen molar-refractivity contribution in [1.82, 2.24) is 0 Å². The van der Waals surface area contributed by atoms with Gasteiger partial charge in [-0.05, 0) is 95.3 Å². The molecule has 3 atom stereocenters. The number of nitrogens with zero attached hydrogens (tertiary/aromatic N) is 2. The number of anilines is 3. The molecule has 1 heterocycles. The van der Waals surface area contributed by atoms with Crippen molar-refractivity contribution in [2.45, 2.75) is 106 Å². The molecule has 0 aliphatic carbocycles. The molecule has 0 radical (unpaired) electrons. The number of hydrogen-bond acceptors (Lipinski definition) is 13. The summed E-state index contributed by atoms with van der Waals surface area (Å²) in [5.74, 6) is -1.14. The first-order valence-electron chi connectivity index (χ1n) is 18.8. The monoisotopic (exact) mass is 772 g/mol. The van der Waals surface area contributed by atoms with E-state index < -0.39 is 11.9 Å². The van der Waals surface area contributed by atoms with Gasteiger partial charge >= 0.3 is 23.9 Å². The Balaban J connectivity index is 0.000000326. The van der Waals surface area contributed by atoms with E-state index in [1.165, 1.54) is 13.0 Å². The smallest absolute Gasteiger partial charge is 0.348 e. The van der Waals surface area contributed by atoms with Gasteiger partial charge in [0.2, 0.25) is 0 Å². The predicted octanol–water partition coefficient (Wildman–Crippen LogP) is 8.41. The molecule has 0 fully saturated rings. The number of rotatable bonds is 15. The van der Waals surface area contributed by atoms with Gasteiger partial charge in [-0.1, -0.05) is 68.8 Å². The second-order valence-corrected chi connectivity index (χ2v) is 13.1. The molecule has 4 rings (SSSR count). The molecule has 0 aromatic heterocycles. The Bertz CT molecular complexity index is 1780. The van der Waals surface area contributed by atoms with Crippen molar-refractivity contribution in [3.8, 4) is 11.8 Å². The number of hydrazine groups is 2. The summed E-state index contributed by atoms with van der Waals surface area (Å²) >= 11 is 0. The molecule has 302 valence electrons. The number of carbonyl (C=O) groups is 4. The lowest BCUT2D eigenvalue weighted by Gasteiger charge is -2.22. The Hall–Kier alpha value is -6.03. The highest BCUT2D eigenvalue weighted by Gasteiger charge is 2.22. The van der Waals surface area contributed by atoms with Gasteiger partial charge in [0.1, 0.15) is 29.7 Å². The standard InChI is InChI=1S/C19H23N3O3.C18H21NO4.C6H12O2/c1-4-14(3)25-19(23)12-24-18-10-9-13(2)11-17(18)22-20-15-7-5-6-8-16(15)21-22;1-4-14(3)23-17(20)9-10-22-18(21)16(12-19)11-15-7-5-13(2)6-8-15;1-4-5(2)8-6(3)7/h5-11,14,20-21H,4,12H2,1-3H3;5-8,11,14H,4,9-10H2,1-3H3;5H,4H2,1-3H3/b;16-11+;. The van der Waals surface area contributed by atoms with Gasteiger partial charge in [-0.25, -0.2) is 9.59 Å². The number of fused-ring (bicyclic) bond motifs is 1. The van der Waals surface area contributed by atoms with Crippen LogP contribution in [0.4, 0.5) is 17.1 Å². The molecule has 13 heteroatoms. The van der Waals surface area contributed by atoms with Crippen LogP contribution in [-0.4, -0.2) is 55.4 Å². The maximum atomic E-state index is 11.9. The van der Waals surface area contributed by atoms with Crippen LogP contribution in [0.2, 0.25) is 0 Å². The minimum absolute atomic E-state index is 0.0285. The van der Waals surface area contributed by atoms with E-state index >= 15 is 0 Å². The average Bonchev–Trinajstić information content (AvgIpc) is 3.61. The van der Waals surface area contributed by atoms with Crippen LogP contribution in [0.5, 0.6) is 5.75 Å². The highest BCUT2D eigenvalue weighted by molar-refractivity contribution is 5.98. The Kier molecular flexibility index (Phi) is 20.1. The Morgan fingerprint density at radius 2 is 1.30 bits per heavy atom. The summed E-state index contributed by atoms with van der Waals surface area (Å²) in [6.07, 6.45) is 3.63. The zero-order valence-electron chi connectivity index (χ0n) is 34.0. The molecular weight excluding hydrogens is 716 g/mol. The summed E-state index contributed by atoms with van der Waals surface area (Å²) in [7, 11) is 0. The summed E-state index contributed by atoms with van der Waals surface area (Å²) in [6.45, 7) is 16.5. The number of hydrogen-bond donors (Lipinski definition) is 2. The first kappa shape index (κ1) is 46.1. The van der Waals surface area contributed by atoms with Crippen molar-refractivity contribution in [3.63, 3.8) is 0 Å². The molecule has 3 aromatic rings. The molecule has 3 unspecified atom stereocenters. The van der Waals surface area contributed by atoms with E-state index in [1.807, 2.05) is 121 Å². The highest BCUT2D eigenvalue weighted by atomic mass is 16.6. The van der Waals surface area contributed by atoms with Crippen LogP contribution in [0.15, 0.2) is 72.3 Å². The van der Waals surface area contributed by atoms with Crippen LogP contribution < -0.4 is 20.7 Å². The average molecular weight is 773 g/mol. The highest BCUT2D eigenvalue weighted by Crippen LogP contribution is 2.36. The van der Waals surface area contributed by atoms with Crippen LogP contribution in [0.3, 0.4) is 0 Å². The van der Waals surface area contributed by atoms with E-state index in [0.717, 1.165) is 53.0 Å². The molecule has 1 aliphatic heterocycles.